The molecule has 0 aliphatic carbocycles. The zero-order valence-electron chi connectivity index (χ0n) is 12.7. The monoisotopic (exact) mass is 321 g/mol. The Bertz CT molecular complexity index is 704. The number of hydrogen-bond donors (Lipinski definition) is 4. The second-order valence-corrected chi connectivity index (χ2v) is 4.59. The van der Waals surface area contributed by atoms with Crippen LogP contribution in [0.4, 0.5) is 11.8 Å². The quantitative estimate of drug-likeness (QED) is 0.504. The van der Waals surface area contributed by atoms with Gasteiger partial charge < -0.3 is 30.6 Å². The van der Waals surface area contributed by atoms with E-state index >= 15 is 0 Å². The molecule has 5 N–H and O–H groups in total. The van der Waals surface area contributed by atoms with Gasteiger partial charge in [0.15, 0.2) is 17.3 Å². The third-order valence-electron chi connectivity index (χ3n) is 2.97. The Morgan fingerprint density at radius 1 is 1.48 bits per heavy atom. The average molecular weight is 321 g/mol. The van der Waals surface area contributed by atoms with Gasteiger partial charge in [-0.3, -0.25) is 4.79 Å². The molecule has 0 atom stereocenters. The van der Waals surface area contributed by atoms with E-state index in [0.29, 0.717) is 30.2 Å². The number of H-pyrrole nitrogens is 1. The van der Waals surface area contributed by atoms with Crippen LogP contribution in [-0.2, 0) is 6.61 Å². The first-order valence-corrected chi connectivity index (χ1v) is 7.00. The van der Waals surface area contributed by atoms with Crippen molar-refractivity contribution in [2.24, 2.45) is 0 Å². The Morgan fingerprint density at radius 3 is 3.04 bits per heavy atom. The molecule has 0 aliphatic rings. The van der Waals surface area contributed by atoms with Crippen molar-refractivity contribution >= 4 is 11.8 Å². The predicted molar refractivity (Wildman–Crippen MR) is 84.6 cm³/mol. The highest BCUT2D eigenvalue weighted by Gasteiger charge is 2.11. The number of anilines is 2. The number of nitrogen functional groups attached to an aromatic ring is 1. The van der Waals surface area contributed by atoms with Crippen molar-refractivity contribution in [3.05, 3.63) is 34.4 Å². The predicted octanol–water partition coefficient (Wildman–Crippen LogP) is 0.129. The van der Waals surface area contributed by atoms with E-state index in [4.69, 9.17) is 20.3 Å². The molecule has 124 valence electrons. The summed E-state index contributed by atoms with van der Waals surface area (Å²) in [5.74, 6) is 1.10. The first-order valence-electron chi connectivity index (χ1n) is 7.00. The number of rotatable bonds is 8. The largest absolute Gasteiger partial charge is 0.491 e. The second-order valence-electron chi connectivity index (χ2n) is 4.59. The molecule has 9 heteroatoms. The molecule has 9 nitrogen and oxygen atoms in total. The zero-order chi connectivity index (χ0) is 16.7. The van der Waals surface area contributed by atoms with E-state index in [1.165, 1.54) is 25.6 Å². The summed E-state index contributed by atoms with van der Waals surface area (Å²) >= 11 is 0. The highest BCUT2D eigenvalue weighted by atomic mass is 16.5. The van der Waals surface area contributed by atoms with Crippen molar-refractivity contribution in [1.29, 1.82) is 0 Å². The van der Waals surface area contributed by atoms with Crippen LogP contribution in [0.2, 0.25) is 0 Å². The molecular formula is C14H19N5O4. The SMILES string of the molecule is COc1c(COc2cnc(N)nc2NCCCO)[nH]ccc1=O. The van der Waals surface area contributed by atoms with Crippen molar-refractivity contribution in [2.75, 3.05) is 31.3 Å². The van der Waals surface area contributed by atoms with Crippen LogP contribution in [0.5, 0.6) is 11.5 Å². The number of nitrogens with one attached hydrogen (secondary N) is 2. The number of ether oxygens (including phenoxy) is 2. The van der Waals surface area contributed by atoms with Gasteiger partial charge in [-0.2, -0.15) is 4.98 Å². The summed E-state index contributed by atoms with van der Waals surface area (Å²) in [5.41, 5.74) is 5.83. The smallest absolute Gasteiger partial charge is 0.223 e. The van der Waals surface area contributed by atoms with E-state index in [2.05, 4.69) is 20.3 Å². The van der Waals surface area contributed by atoms with Gasteiger partial charge in [-0.1, -0.05) is 0 Å². The van der Waals surface area contributed by atoms with Gasteiger partial charge in [0, 0.05) is 25.4 Å². The summed E-state index contributed by atoms with van der Waals surface area (Å²) < 4.78 is 10.7. The lowest BCUT2D eigenvalue weighted by molar-refractivity contribution is 0.287. The number of aliphatic hydroxyl groups excluding tert-OH is 1. The molecule has 0 saturated carbocycles. The molecule has 23 heavy (non-hydrogen) atoms. The van der Waals surface area contributed by atoms with E-state index in [9.17, 15) is 4.79 Å². The fourth-order valence-electron chi connectivity index (χ4n) is 1.89. The molecule has 2 aromatic heterocycles. The minimum Gasteiger partial charge on any atom is -0.491 e. The van der Waals surface area contributed by atoms with Crippen molar-refractivity contribution < 1.29 is 14.6 Å². The Labute approximate surface area is 132 Å². The molecule has 2 rings (SSSR count). The van der Waals surface area contributed by atoms with E-state index < -0.39 is 0 Å². The average Bonchev–Trinajstić information content (AvgIpc) is 2.54. The van der Waals surface area contributed by atoms with Gasteiger partial charge in [-0.05, 0) is 6.42 Å². The van der Waals surface area contributed by atoms with E-state index in [0.717, 1.165) is 0 Å². The molecule has 0 bridgehead atoms. The molecule has 0 radical (unpaired) electrons. The highest BCUT2D eigenvalue weighted by molar-refractivity contribution is 5.51. The third-order valence-corrected chi connectivity index (χ3v) is 2.97. The van der Waals surface area contributed by atoms with Gasteiger partial charge in [-0.15, -0.1) is 0 Å². The van der Waals surface area contributed by atoms with E-state index in [-0.39, 0.29) is 30.3 Å². The van der Waals surface area contributed by atoms with Crippen LogP contribution < -0.4 is 26.0 Å². The van der Waals surface area contributed by atoms with Gasteiger partial charge in [0.2, 0.25) is 11.4 Å². The van der Waals surface area contributed by atoms with Crippen molar-refractivity contribution in [1.82, 2.24) is 15.0 Å². The van der Waals surface area contributed by atoms with Gasteiger partial charge in [0.05, 0.1) is 19.0 Å². The standard InChI is InChI=1S/C14H19N5O4/c1-22-12-9(16-5-3-10(12)21)8-23-11-7-18-14(15)19-13(11)17-4-2-6-20/h3,5,7,20H,2,4,6,8H2,1H3,(H,16,21)(H3,15,17,18,19). The number of methoxy groups -OCH3 is 1. The van der Waals surface area contributed by atoms with Gasteiger partial charge >= 0.3 is 0 Å². The summed E-state index contributed by atoms with van der Waals surface area (Å²) in [6.07, 6.45) is 3.52. The normalized spacial score (nSPS) is 10.3. The maximum atomic E-state index is 11.7. The molecule has 0 amide bonds. The molecule has 0 saturated heterocycles. The number of nitrogens with zero attached hydrogens (tertiary/aromatic N) is 2. The zero-order valence-corrected chi connectivity index (χ0v) is 12.7. The Morgan fingerprint density at radius 2 is 2.30 bits per heavy atom. The number of aromatic amines is 1. The fraction of sp³-hybridized carbons (Fsp3) is 0.357. The summed E-state index contributed by atoms with van der Waals surface area (Å²) in [7, 11) is 1.42. The third kappa shape index (κ3) is 4.33. The Balaban J connectivity index is 2.14. The Hall–Kier alpha value is -2.81. The van der Waals surface area contributed by atoms with Crippen LogP contribution >= 0.6 is 0 Å². The van der Waals surface area contributed by atoms with Crippen LogP contribution in [0.1, 0.15) is 12.1 Å². The van der Waals surface area contributed by atoms with E-state index in [1.807, 2.05) is 0 Å². The molecule has 2 aromatic rings. The van der Waals surface area contributed by atoms with Crippen molar-refractivity contribution in [3.63, 3.8) is 0 Å². The number of aromatic nitrogens is 3. The summed E-state index contributed by atoms with van der Waals surface area (Å²) in [6, 6.07) is 1.37. The van der Waals surface area contributed by atoms with Crippen LogP contribution in [0.3, 0.4) is 0 Å². The molecule has 0 spiro atoms. The lowest BCUT2D eigenvalue weighted by Crippen LogP contribution is -2.12. The van der Waals surface area contributed by atoms with Crippen LogP contribution in [0.15, 0.2) is 23.3 Å². The summed E-state index contributed by atoms with van der Waals surface area (Å²) in [6.45, 7) is 0.641. The van der Waals surface area contributed by atoms with Crippen LogP contribution in [-0.4, -0.2) is 40.3 Å². The summed E-state index contributed by atoms with van der Waals surface area (Å²) in [4.78, 5) is 22.6. The first kappa shape index (κ1) is 16.6. The topological polar surface area (TPSA) is 135 Å². The minimum atomic E-state index is -0.236. The molecule has 0 aromatic carbocycles. The number of nitrogens with two attached hydrogens (primary N) is 1. The molecule has 0 fully saturated rings. The van der Waals surface area contributed by atoms with Gasteiger partial charge in [0.1, 0.15) is 6.61 Å². The fourth-order valence-corrected chi connectivity index (χ4v) is 1.89. The maximum Gasteiger partial charge on any atom is 0.223 e. The van der Waals surface area contributed by atoms with Crippen molar-refractivity contribution in [2.45, 2.75) is 13.0 Å². The van der Waals surface area contributed by atoms with Crippen LogP contribution in [0.25, 0.3) is 0 Å². The lowest BCUT2D eigenvalue weighted by Gasteiger charge is -2.13. The minimum absolute atomic E-state index is 0.0617. The molecule has 0 aliphatic heterocycles. The van der Waals surface area contributed by atoms with Gasteiger partial charge in [-0.25, -0.2) is 4.98 Å². The molecule has 0 unspecified atom stereocenters. The number of pyridine rings is 1. The number of aliphatic hydroxyl groups is 1. The molecule has 2 heterocycles. The van der Waals surface area contributed by atoms with Crippen molar-refractivity contribution in [3.8, 4) is 11.5 Å². The van der Waals surface area contributed by atoms with Crippen LogP contribution in [0, 0.1) is 0 Å². The summed E-state index contributed by atoms with van der Waals surface area (Å²) in [5, 5.41) is 11.8. The molecular weight excluding hydrogens is 302 g/mol. The number of hydrogen-bond acceptors (Lipinski definition) is 8. The highest BCUT2D eigenvalue weighted by Crippen LogP contribution is 2.23. The first-order chi connectivity index (χ1) is 11.2. The maximum absolute atomic E-state index is 11.7. The Kier molecular flexibility index (Phi) is 5.75. The van der Waals surface area contributed by atoms with E-state index in [1.54, 1.807) is 0 Å². The second kappa shape index (κ2) is 7.99. The lowest BCUT2D eigenvalue weighted by atomic mass is 10.3. The van der Waals surface area contributed by atoms with Gasteiger partial charge in [0.25, 0.3) is 0 Å².